The van der Waals surface area contributed by atoms with Crippen molar-refractivity contribution in [3.8, 4) is 50.6 Å². The Balaban J connectivity index is 0.000000252. The van der Waals surface area contributed by atoms with Crippen LogP contribution in [-0.2, 0) is 30.9 Å². The van der Waals surface area contributed by atoms with Crippen molar-refractivity contribution >= 4 is 33.0 Å². The molecule has 0 fully saturated rings. The van der Waals surface area contributed by atoms with Gasteiger partial charge in [0.1, 0.15) is 5.58 Å². The van der Waals surface area contributed by atoms with E-state index in [1.54, 1.807) is 12.1 Å². The molecule has 10 rings (SSSR count). The van der Waals surface area contributed by atoms with E-state index in [1.165, 1.54) is 57.4 Å². The van der Waals surface area contributed by atoms with Gasteiger partial charge in [0.2, 0.25) is 0 Å². The Morgan fingerprint density at radius 2 is 1.32 bits per heavy atom. The fraction of sp³-hybridized carbons (Fsp3) is 0.250. The minimum atomic E-state index is -2.21. The predicted octanol–water partition coefficient (Wildman–Crippen LogP) is 17.7. The average Bonchev–Trinajstić information content (AvgIpc) is 3.94. The summed E-state index contributed by atoms with van der Waals surface area (Å²) in [5.41, 5.74) is 16.5. The molecule has 69 heavy (non-hydrogen) atoms. The van der Waals surface area contributed by atoms with Crippen molar-refractivity contribution in [2.24, 2.45) is 0 Å². The molecule has 4 nitrogen and oxygen atoms in total. The van der Waals surface area contributed by atoms with Gasteiger partial charge in [-0.25, -0.2) is 0 Å². The van der Waals surface area contributed by atoms with Gasteiger partial charge >= 0.3 is 0 Å². The number of furan rings is 1. The first kappa shape index (κ1) is 41.6. The van der Waals surface area contributed by atoms with Gasteiger partial charge in [0, 0.05) is 45.6 Å². The van der Waals surface area contributed by atoms with E-state index in [1.807, 2.05) is 32.9 Å². The van der Waals surface area contributed by atoms with E-state index in [0.29, 0.717) is 16.8 Å². The maximum atomic E-state index is 7.70. The Kier molecular flexibility index (Phi) is 11.8. The molecule has 0 aliphatic heterocycles. The molecule has 351 valence electrons. The number of fused-ring (bicyclic) bond motifs is 4. The largest absolute Gasteiger partial charge is 0.501 e. The van der Waals surface area contributed by atoms with Crippen LogP contribution in [0.15, 0.2) is 156 Å². The topological polar surface area (TPSA) is 43.9 Å². The van der Waals surface area contributed by atoms with Gasteiger partial charge in [0.15, 0.2) is 0 Å². The normalized spacial score (nSPS) is 13.6. The van der Waals surface area contributed by atoms with Gasteiger partial charge in [0.05, 0.1) is 22.4 Å². The monoisotopic (exact) mass is 1090 g/mol. The summed E-state index contributed by atoms with van der Waals surface area (Å²) in [6, 6.07) is 56.4. The van der Waals surface area contributed by atoms with Crippen LogP contribution >= 0.6 is 0 Å². The van der Waals surface area contributed by atoms with E-state index in [2.05, 4.69) is 179 Å². The molecule has 10 aromatic rings. The first-order valence-electron chi connectivity index (χ1n) is 26.6. The molecule has 7 aromatic carbocycles. The number of hydrogen-bond acceptors (Lipinski definition) is 3. The number of aryl methyl sites for hydroxylation is 2. The molecule has 0 N–H and O–H groups in total. The van der Waals surface area contributed by atoms with Gasteiger partial charge in [-0.2, -0.15) is 0 Å². The minimum absolute atomic E-state index is 0. The first-order chi connectivity index (χ1) is 34.9. The van der Waals surface area contributed by atoms with E-state index in [-0.39, 0.29) is 53.9 Å². The molecule has 5 heteroatoms. The third kappa shape index (κ3) is 9.91. The molecule has 0 bridgehead atoms. The number of hydrogen-bond donors (Lipinski definition) is 0. The van der Waals surface area contributed by atoms with Crippen molar-refractivity contribution in [2.45, 2.75) is 106 Å². The number of rotatable bonds is 7. The van der Waals surface area contributed by atoms with Gasteiger partial charge in [-0.3, -0.25) is 4.98 Å². The molecular formula is C64H63IrN3O-2. The fourth-order valence-electron chi connectivity index (χ4n) is 9.10. The van der Waals surface area contributed by atoms with E-state index >= 15 is 0 Å². The van der Waals surface area contributed by atoms with Crippen molar-refractivity contribution in [1.82, 2.24) is 14.5 Å². The molecule has 0 aliphatic rings. The Hall–Kier alpha value is -6.39. The standard InChI is InChI=1S/C47H43N2O.C17H20N.Ir/c1-29(2)39-26-34(32-20-23-35(24-21-32)47(5,6)7)27-40(30(3)4)44(39)49-42-19-12-11-18-41(42)48-46(49)38-17-13-16-37-36-25-22-33(28-43(36)50-45(37)38)31-14-9-8-10-15-31;1-12-6-9-16(18-11-12)14-8-7-13(2)15(10-14)17(3,4)5;/h8-16,18-30H,1-7H3;6-7,9-11H,1-5H3;/q2*-1;/i;1D3,2D3;. The molecule has 0 saturated carbocycles. The number of imidazole rings is 1. The van der Waals surface area contributed by atoms with Crippen LogP contribution in [0.3, 0.4) is 0 Å². The van der Waals surface area contributed by atoms with E-state index in [9.17, 15) is 0 Å². The molecule has 0 unspecified atom stereocenters. The first-order valence-corrected chi connectivity index (χ1v) is 23.6. The number of para-hydroxylation sites is 2. The van der Waals surface area contributed by atoms with Crippen molar-refractivity contribution in [2.75, 3.05) is 0 Å². The van der Waals surface area contributed by atoms with E-state index in [4.69, 9.17) is 17.6 Å². The quantitative estimate of drug-likeness (QED) is 0.149. The number of nitrogens with zero attached hydrogens (tertiary/aromatic N) is 3. The van der Waals surface area contributed by atoms with Crippen molar-refractivity contribution in [1.29, 1.82) is 0 Å². The Morgan fingerprint density at radius 3 is 1.96 bits per heavy atom. The predicted molar refractivity (Wildman–Crippen MR) is 287 cm³/mol. The molecule has 3 heterocycles. The van der Waals surface area contributed by atoms with Crippen LogP contribution in [0.4, 0.5) is 0 Å². The van der Waals surface area contributed by atoms with Crippen LogP contribution in [0.2, 0.25) is 0 Å². The SMILES string of the molecule is CC(C)c1cc(-c2ccc(C(C)(C)C)cc2)cc(C(C)C)c1-n1c(-c2[c-]ccc3c2oc2cc(-c4ccccc4)ccc23)nc2ccccc21.[2H]C([2H])([2H])c1ccc(-c2[c-]cc(C([2H])([2H])[2H])c(C(C)(C)C)c2)nc1.[Ir]. The Morgan fingerprint density at radius 1 is 0.638 bits per heavy atom. The second-order valence-electron chi connectivity index (χ2n) is 20.5. The van der Waals surface area contributed by atoms with Crippen LogP contribution in [0.25, 0.3) is 83.6 Å². The fourth-order valence-corrected chi connectivity index (χ4v) is 9.10. The van der Waals surface area contributed by atoms with Gasteiger partial charge in [-0.15, -0.1) is 53.1 Å². The molecule has 0 spiro atoms. The number of pyridine rings is 1. The molecule has 3 aromatic heterocycles. The zero-order chi connectivity index (χ0) is 53.1. The summed E-state index contributed by atoms with van der Waals surface area (Å²) in [6.45, 7) is 17.4. The third-order valence-electron chi connectivity index (χ3n) is 12.8. The average molecular weight is 1090 g/mol. The van der Waals surface area contributed by atoms with E-state index < -0.39 is 13.7 Å². The van der Waals surface area contributed by atoms with Crippen LogP contribution in [0, 0.1) is 25.8 Å². The van der Waals surface area contributed by atoms with Gasteiger partial charge in [0.25, 0.3) is 0 Å². The second kappa shape index (κ2) is 19.5. The van der Waals surface area contributed by atoms with Crippen LogP contribution in [-0.4, -0.2) is 14.5 Å². The Labute approximate surface area is 431 Å². The third-order valence-corrected chi connectivity index (χ3v) is 12.8. The van der Waals surface area contributed by atoms with Crippen LogP contribution in [0.5, 0.6) is 0 Å². The number of aromatic nitrogens is 3. The summed E-state index contributed by atoms with van der Waals surface area (Å²) in [7, 11) is 0. The summed E-state index contributed by atoms with van der Waals surface area (Å²) in [5.74, 6) is 1.38. The summed E-state index contributed by atoms with van der Waals surface area (Å²) in [5, 5.41) is 2.15. The Bertz CT molecular complexity index is 3620. The minimum Gasteiger partial charge on any atom is -0.501 e. The summed E-state index contributed by atoms with van der Waals surface area (Å²) in [6.07, 6.45) is 1.32. The van der Waals surface area contributed by atoms with Crippen LogP contribution in [0.1, 0.15) is 123 Å². The maximum Gasteiger partial charge on any atom is 0.121 e. The van der Waals surface area contributed by atoms with E-state index in [0.717, 1.165) is 49.9 Å². The van der Waals surface area contributed by atoms with Crippen molar-refractivity contribution < 1.29 is 32.7 Å². The van der Waals surface area contributed by atoms with Gasteiger partial charge in [-0.1, -0.05) is 178 Å². The van der Waals surface area contributed by atoms with Crippen LogP contribution < -0.4 is 0 Å². The molecule has 0 amide bonds. The summed E-state index contributed by atoms with van der Waals surface area (Å²) in [4.78, 5) is 9.53. The molecule has 0 aliphatic carbocycles. The van der Waals surface area contributed by atoms with Crippen molar-refractivity contribution in [3.63, 3.8) is 0 Å². The second-order valence-corrected chi connectivity index (χ2v) is 20.5. The maximum absolute atomic E-state index is 7.70. The zero-order valence-electron chi connectivity index (χ0n) is 47.2. The van der Waals surface area contributed by atoms with Crippen molar-refractivity contribution in [3.05, 3.63) is 197 Å². The smallest absolute Gasteiger partial charge is 0.121 e. The molecule has 1 radical (unpaired) electrons. The molecular weight excluding hydrogens is 1020 g/mol. The zero-order valence-corrected chi connectivity index (χ0v) is 43.6. The summed E-state index contributed by atoms with van der Waals surface area (Å²) >= 11 is 0. The summed E-state index contributed by atoms with van der Waals surface area (Å²) < 4.78 is 54.4. The van der Waals surface area contributed by atoms with Gasteiger partial charge < -0.3 is 14.0 Å². The number of benzene rings is 7. The van der Waals surface area contributed by atoms with Gasteiger partial charge in [-0.05, 0) is 110 Å². The molecule has 0 saturated heterocycles. The molecule has 0 atom stereocenters.